The van der Waals surface area contributed by atoms with Crippen LogP contribution in [-0.2, 0) is 12.6 Å². The van der Waals surface area contributed by atoms with Gasteiger partial charge in [0.1, 0.15) is 0 Å². The van der Waals surface area contributed by atoms with Crippen molar-refractivity contribution in [1.82, 2.24) is 4.90 Å². The van der Waals surface area contributed by atoms with Crippen molar-refractivity contribution in [2.45, 2.75) is 0 Å². The van der Waals surface area contributed by atoms with Crippen molar-refractivity contribution in [2.75, 3.05) is 26.3 Å². The van der Waals surface area contributed by atoms with Crippen LogP contribution in [0.2, 0.25) is 0 Å². The molecule has 0 amide bonds. The monoisotopic (exact) mass is 180 g/mol. The second kappa shape index (κ2) is 5.79. The molecule has 0 spiro atoms. The van der Waals surface area contributed by atoms with Gasteiger partial charge in [0.2, 0.25) is 0 Å². The summed E-state index contributed by atoms with van der Waals surface area (Å²) in [7, 11) is 0. The van der Waals surface area contributed by atoms with Crippen LogP contribution in [0.1, 0.15) is 0 Å². The van der Waals surface area contributed by atoms with Crippen LogP contribution in [0.5, 0.6) is 0 Å². The highest BCUT2D eigenvalue weighted by atomic mass is 32.1. The molecule has 0 unspecified atom stereocenters. The summed E-state index contributed by atoms with van der Waals surface area (Å²) in [5, 5.41) is 17.0. The van der Waals surface area contributed by atoms with Crippen LogP contribution in [0, 0.1) is 0 Å². The fourth-order valence-electron chi connectivity index (χ4n) is 0.536. The largest absolute Gasteiger partial charge is 0.411 e. The number of aliphatic hydroxyl groups excluding tert-OH is 2. The van der Waals surface area contributed by atoms with E-state index in [1.54, 1.807) is 4.90 Å². The zero-order chi connectivity index (χ0) is 7.98. The van der Waals surface area contributed by atoms with E-state index in [0.717, 1.165) is 0 Å². The van der Waals surface area contributed by atoms with Gasteiger partial charge in [-0.25, -0.2) is 0 Å². The number of nitrogens with zero attached hydrogens (tertiary/aromatic N) is 1. The van der Waals surface area contributed by atoms with Gasteiger partial charge in [-0.3, -0.25) is 0 Å². The highest BCUT2D eigenvalue weighted by Gasteiger charge is 1.96. The number of aliphatic hydroxyl groups is 2. The Balaban J connectivity index is 3.61. The molecule has 2 N–H and O–H groups in total. The molecule has 0 atom stereocenters. The van der Waals surface area contributed by atoms with E-state index < -0.39 is 0 Å². The van der Waals surface area contributed by atoms with Crippen molar-refractivity contribution in [3.8, 4) is 0 Å². The molecule has 0 rings (SSSR count). The van der Waals surface area contributed by atoms with Crippen molar-refractivity contribution < 1.29 is 10.2 Å². The smallest absolute Gasteiger partial charge is 0.0606 e. The van der Waals surface area contributed by atoms with E-state index in [4.69, 9.17) is 10.2 Å². The molecule has 10 heavy (non-hydrogen) atoms. The molecule has 0 saturated heterocycles. The van der Waals surface area contributed by atoms with E-state index in [0.29, 0.717) is 17.4 Å². The second-order valence-corrected chi connectivity index (χ2v) is 2.73. The van der Waals surface area contributed by atoms with Crippen LogP contribution >= 0.6 is 12.2 Å². The fourth-order valence-corrected chi connectivity index (χ4v) is 0.901. The maximum Gasteiger partial charge on any atom is 0.0606 e. The molecule has 0 heterocycles. The Kier molecular flexibility index (Phi) is 5.81. The summed E-state index contributed by atoms with van der Waals surface area (Å²) < 4.78 is 0.295. The van der Waals surface area contributed by atoms with Gasteiger partial charge in [0, 0.05) is 13.1 Å². The van der Waals surface area contributed by atoms with Crippen molar-refractivity contribution >= 4 is 29.2 Å². The quantitative estimate of drug-likeness (QED) is 0.434. The number of hydrogen-bond donors (Lipinski definition) is 2. The number of rotatable bonds is 4. The van der Waals surface area contributed by atoms with Crippen LogP contribution < -0.4 is 0 Å². The van der Waals surface area contributed by atoms with Gasteiger partial charge in [-0.15, -0.1) is 0 Å². The number of thiocarbonyl (C=S) groups is 1. The van der Waals surface area contributed by atoms with Crippen LogP contribution in [0.25, 0.3) is 0 Å². The topological polar surface area (TPSA) is 43.7 Å². The van der Waals surface area contributed by atoms with E-state index in [9.17, 15) is 0 Å². The zero-order valence-electron chi connectivity index (χ0n) is 5.49. The van der Waals surface area contributed by atoms with Gasteiger partial charge in [0.05, 0.1) is 13.2 Å². The Labute approximate surface area is 71.1 Å². The summed E-state index contributed by atoms with van der Waals surface area (Å²) in [5.41, 5.74) is 0. The van der Waals surface area contributed by atoms with Gasteiger partial charge in [0.15, 0.2) is 0 Å². The molecular formula is C5H10NO2S2-. The summed E-state index contributed by atoms with van der Waals surface area (Å²) >= 11 is 9.33. The van der Waals surface area contributed by atoms with Crippen LogP contribution in [-0.4, -0.2) is 45.7 Å². The third kappa shape index (κ3) is 3.94. The minimum atomic E-state index is 0.0107. The Hall–Kier alpha value is 0.0300. The van der Waals surface area contributed by atoms with E-state index in [1.165, 1.54) is 0 Å². The lowest BCUT2D eigenvalue weighted by molar-refractivity contribution is 0.216. The maximum atomic E-state index is 8.48. The Morgan fingerprint density at radius 3 is 1.90 bits per heavy atom. The first kappa shape index (κ1) is 10.0. The van der Waals surface area contributed by atoms with E-state index in [-0.39, 0.29) is 13.2 Å². The highest BCUT2D eigenvalue weighted by molar-refractivity contribution is 8.00. The number of hydrogen-bond acceptors (Lipinski definition) is 4. The molecule has 0 aliphatic heterocycles. The molecule has 0 aliphatic rings. The molecular weight excluding hydrogens is 170 g/mol. The molecule has 0 saturated carbocycles. The minimum Gasteiger partial charge on any atom is -0.411 e. The van der Waals surface area contributed by atoms with Gasteiger partial charge < -0.3 is 40.0 Å². The Morgan fingerprint density at radius 1 is 1.30 bits per heavy atom. The van der Waals surface area contributed by atoms with Crippen molar-refractivity contribution in [2.24, 2.45) is 0 Å². The van der Waals surface area contributed by atoms with E-state index in [2.05, 4.69) is 24.8 Å². The van der Waals surface area contributed by atoms with E-state index >= 15 is 0 Å². The van der Waals surface area contributed by atoms with Crippen molar-refractivity contribution in [1.29, 1.82) is 0 Å². The normalized spacial score (nSPS) is 9.40. The molecule has 60 valence electrons. The second-order valence-electron chi connectivity index (χ2n) is 1.70. The first-order chi connectivity index (χ1) is 4.72. The van der Waals surface area contributed by atoms with Crippen molar-refractivity contribution in [3.63, 3.8) is 0 Å². The molecule has 0 aromatic heterocycles. The molecule has 0 radical (unpaired) electrons. The third-order valence-corrected chi connectivity index (χ3v) is 1.51. The molecule has 5 heteroatoms. The molecule has 0 aliphatic carbocycles. The molecule has 0 aromatic carbocycles. The Morgan fingerprint density at radius 2 is 1.70 bits per heavy atom. The van der Waals surface area contributed by atoms with Gasteiger partial charge in [-0.2, -0.15) is 0 Å². The lowest BCUT2D eigenvalue weighted by Crippen LogP contribution is -2.33. The molecule has 0 aromatic rings. The fraction of sp³-hybridized carbons (Fsp3) is 0.800. The van der Waals surface area contributed by atoms with Gasteiger partial charge >= 0.3 is 0 Å². The van der Waals surface area contributed by atoms with Crippen LogP contribution in [0.4, 0.5) is 0 Å². The molecule has 3 nitrogen and oxygen atoms in total. The standard InChI is InChI=1S/C5H11NO2S2/c7-3-1-6(2-4-8)5(9)10/h7-8H,1-4H2,(H,9,10)/p-1. The van der Waals surface area contributed by atoms with Crippen LogP contribution in [0.15, 0.2) is 0 Å². The predicted molar refractivity (Wildman–Crippen MR) is 45.7 cm³/mol. The Bertz CT molecular complexity index is 104. The average Bonchev–Trinajstić information content (AvgIpc) is 1.87. The zero-order valence-corrected chi connectivity index (χ0v) is 7.12. The summed E-state index contributed by atoms with van der Waals surface area (Å²) in [4.78, 5) is 1.57. The molecule has 0 fully saturated rings. The lowest BCUT2D eigenvalue weighted by atomic mass is 10.5. The highest BCUT2D eigenvalue weighted by Crippen LogP contribution is 1.88. The summed E-state index contributed by atoms with van der Waals surface area (Å²) in [6, 6.07) is 0. The SMILES string of the molecule is OCCN(CCO)C(=S)[S-]. The van der Waals surface area contributed by atoms with Gasteiger partial charge in [-0.05, 0) is 0 Å². The first-order valence-electron chi connectivity index (χ1n) is 2.90. The van der Waals surface area contributed by atoms with E-state index in [1.807, 2.05) is 0 Å². The first-order valence-corrected chi connectivity index (χ1v) is 3.71. The predicted octanol–water partition coefficient (Wildman–Crippen LogP) is -0.895. The van der Waals surface area contributed by atoms with Gasteiger partial charge in [-0.1, -0.05) is 4.32 Å². The summed E-state index contributed by atoms with van der Waals surface area (Å²) in [6.07, 6.45) is 0. The maximum absolute atomic E-state index is 8.48. The molecule has 0 bridgehead atoms. The summed E-state index contributed by atoms with van der Waals surface area (Å²) in [6.45, 7) is 0.833. The third-order valence-electron chi connectivity index (χ3n) is 0.998. The van der Waals surface area contributed by atoms with Crippen molar-refractivity contribution in [3.05, 3.63) is 0 Å². The minimum absolute atomic E-state index is 0.0107. The van der Waals surface area contributed by atoms with Gasteiger partial charge in [0.25, 0.3) is 0 Å². The summed E-state index contributed by atoms with van der Waals surface area (Å²) in [5.74, 6) is 0. The average molecular weight is 180 g/mol. The van der Waals surface area contributed by atoms with Crippen LogP contribution in [0.3, 0.4) is 0 Å². The lowest BCUT2D eigenvalue weighted by Gasteiger charge is -2.26.